The van der Waals surface area contributed by atoms with Crippen molar-refractivity contribution in [3.63, 3.8) is 0 Å². The maximum Gasteiger partial charge on any atom is 0.258 e. The van der Waals surface area contributed by atoms with E-state index in [4.69, 9.17) is 9.47 Å². The number of carbonyl (C=O) groups is 1. The lowest BCUT2D eigenvalue weighted by Crippen LogP contribution is -2.44. The van der Waals surface area contributed by atoms with Crippen LogP contribution in [-0.2, 0) is 14.8 Å². The predicted octanol–water partition coefficient (Wildman–Crippen LogP) is 0.610. The van der Waals surface area contributed by atoms with E-state index >= 15 is 0 Å². The molecule has 0 aromatic heterocycles. The molecule has 0 spiro atoms. The Morgan fingerprint density at radius 2 is 2.04 bits per heavy atom. The number of benzene rings is 1. The van der Waals surface area contributed by atoms with Gasteiger partial charge in [0.15, 0.2) is 11.6 Å². The largest absolute Gasteiger partial charge is 0.496 e. The number of halogens is 2. The van der Waals surface area contributed by atoms with Gasteiger partial charge in [-0.15, -0.1) is 0 Å². The lowest BCUT2D eigenvalue weighted by Gasteiger charge is -2.21. The van der Waals surface area contributed by atoms with Crippen molar-refractivity contribution in [1.82, 2.24) is 9.62 Å². The summed E-state index contributed by atoms with van der Waals surface area (Å²) in [5, 5.41) is 2.52. The Hall–Kier alpha value is -1.78. The third-order valence-electron chi connectivity index (χ3n) is 4.00. The summed E-state index contributed by atoms with van der Waals surface area (Å²) in [6.07, 6.45) is 0. The smallest absolute Gasteiger partial charge is 0.258 e. The van der Waals surface area contributed by atoms with Gasteiger partial charge in [0.05, 0.1) is 32.1 Å². The van der Waals surface area contributed by atoms with Gasteiger partial charge in [-0.05, 0) is 12.1 Å². The minimum absolute atomic E-state index is 0.0819. The molecule has 0 saturated carbocycles. The molecule has 0 aliphatic carbocycles. The topological polar surface area (TPSA) is 84.9 Å². The minimum Gasteiger partial charge on any atom is -0.496 e. The fourth-order valence-corrected chi connectivity index (χ4v) is 3.66. The standard InChI is InChI=1S/C15H20F2N2O5S/c1-19(2)25(21,22)8-9-6-24-7-11(9)18-15(20)13-12(23-3)5-4-10(16)14(13)17/h4-5,9,11H,6-8H2,1-3H3,(H,18,20)/t9-,11+/m0/s1. The van der Waals surface area contributed by atoms with Crippen molar-refractivity contribution in [2.45, 2.75) is 6.04 Å². The molecule has 1 aromatic carbocycles. The molecule has 10 heteroatoms. The molecule has 2 rings (SSSR count). The van der Waals surface area contributed by atoms with Crippen molar-refractivity contribution in [1.29, 1.82) is 0 Å². The van der Waals surface area contributed by atoms with Crippen molar-refractivity contribution in [2.24, 2.45) is 5.92 Å². The zero-order valence-electron chi connectivity index (χ0n) is 14.1. The second kappa shape index (κ2) is 7.63. The highest BCUT2D eigenvalue weighted by molar-refractivity contribution is 7.89. The minimum atomic E-state index is -3.50. The lowest BCUT2D eigenvalue weighted by molar-refractivity contribution is 0.0917. The number of methoxy groups -OCH3 is 1. The van der Waals surface area contributed by atoms with E-state index in [2.05, 4.69) is 5.32 Å². The fourth-order valence-electron chi connectivity index (χ4n) is 2.50. The van der Waals surface area contributed by atoms with Gasteiger partial charge in [0.25, 0.3) is 5.91 Å². The summed E-state index contributed by atoms with van der Waals surface area (Å²) in [4.78, 5) is 12.4. The Bertz CT molecular complexity index is 755. The molecule has 1 N–H and O–H groups in total. The Balaban J connectivity index is 2.19. The van der Waals surface area contributed by atoms with Crippen molar-refractivity contribution < 1.29 is 31.5 Å². The molecule has 1 saturated heterocycles. The zero-order chi connectivity index (χ0) is 18.8. The Kier molecular flexibility index (Phi) is 5.96. The maximum absolute atomic E-state index is 14.0. The van der Waals surface area contributed by atoms with Crippen LogP contribution >= 0.6 is 0 Å². The van der Waals surface area contributed by atoms with E-state index in [1.54, 1.807) is 0 Å². The van der Waals surface area contributed by atoms with Crippen LogP contribution in [0.25, 0.3) is 0 Å². The number of sulfonamides is 1. The van der Waals surface area contributed by atoms with Crippen molar-refractivity contribution in [3.8, 4) is 5.75 Å². The van der Waals surface area contributed by atoms with Crippen LogP contribution in [0.4, 0.5) is 8.78 Å². The average Bonchev–Trinajstić information content (AvgIpc) is 2.95. The molecule has 1 fully saturated rings. The van der Waals surface area contributed by atoms with Crippen molar-refractivity contribution in [3.05, 3.63) is 29.3 Å². The molecule has 25 heavy (non-hydrogen) atoms. The third kappa shape index (κ3) is 4.25. The number of hydrogen-bond acceptors (Lipinski definition) is 5. The molecule has 1 amide bonds. The van der Waals surface area contributed by atoms with E-state index in [0.29, 0.717) is 0 Å². The molecular weight excluding hydrogens is 358 g/mol. The molecule has 1 aliphatic rings. The number of hydrogen-bond donors (Lipinski definition) is 1. The highest BCUT2D eigenvalue weighted by atomic mass is 32.2. The fraction of sp³-hybridized carbons (Fsp3) is 0.533. The molecule has 1 aromatic rings. The van der Waals surface area contributed by atoms with E-state index < -0.39 is 45.1 Å². The number of amides is 1. The summed E-state index contributed by atoms with van der Waals surface area (Å²) in [6.45, 7) is 0.222. The molecule has 1 aliphatic heterocycles. The predicted molar refractivity (Wildman–Crippen MR) is 85.9 cm³/mol. The van der Waals surface area contributed by atoms with Crippen LogP contribution in [0.5, 0.6) is 5.75 Å². The molecule has 7 nitrogen and oxygen atoms in total. The second-order valence-electron chi connectivity index (χ2n) is 5.88. The van der Waals surface area contributed by atoms with Crippen LogP contribution < -0.4 is 10.1 Å². The first kappa shape index (κ1) is 19.5. The first-order chi connectivity index (χ1) is 11.7. The zero-order valence-corrected chi connectivity index (χ0v) is 14.9. The molecular formula is C15H20F2N2O5S. The van der Waals surface area contributed by atoms with Crippen molar-refractivity contribution >= 4 is 15.9 Å². The quantitative estimate of drug-likeness (QED) is 0.784. The maximum atomic E-state index is 14.0. The SMILES string of the molecule is COc1ccc(F)c(F)c1C(=O)N[C@@H]1COC[C@H]1CS(=O)(=O)N(C)C. The van der Waals surface area contributed by atoms with Gasteiger partial charge in [0.1, 0.15) is 11.3 Å². The van der Waals surface area contributed by atoms with E-state index in [1.807, 2.05) is 0 Å². The monoisotopic (exact) mass is 378 g/mol. The molecule has 0 bridgehead atoms. The van der Waals surface area contributed by atoms with Crippen molar-refractivity contribution in [2.75, 3.05) is 40.2 Å². The molecule has 140 valence electrons. The number of ether oxygens (including phenoxy) is 2. The van der Waals surface area contributed by atoms with Crippen LogP contribution in [-0.4, -0.2) is 64.8 Å². The Morgan fingerprint density at radius 3 is 2.64 bits per heavy atom. The molecule has 0 unspecified atom stereocenters. The Morgan fingerprint density at radius 1 is 1.36 bits per heavy atom. The normalized spacial score (nSPS) is 20.7. The van der Waals surface area contributed by atoms with Gasteiger partial charge in [-0.3, -0.25) is 4.79 Å². The van der Waals surface area contributed by atoms with Crippen LogP contribution in [0, 0.1) is 17.6 Å². The lowest BCUT2D eigenvalue weighted by atomic mass is 10.1. The summed E-state index contributed by atoms with van der Waals surface area (Å²) in [6, 6.07) is 1.36. The third-order valence-corrected chi connectivity index (χ3v) is 5.96. The van der Waals surface area contributed by atoms with Crippen LogP contribution in [0.1, 0.15) is 10.4 Å². The molecule has 1 heterocycles. The molecule has 0 radical (unpaired) electrons. The van der Waals surface area contributed by atoms with Gasteiger partial charge < -0.3 is 14.8 Å². The number of nitrogens with one attached hydrogen (secondary N) is 1. The van der Waals surface area contributed by atoms with Gasteiger partial charge in [-0.1, -0.05) is 0 Å². The van der Waals surface area contributed by atoms with Crippen LogP contribution in [0.15, 0.2) is 12.1 Å². The van der Waals surface area contributed by atoms with Gasteiger partial charge in [0.2, 0.25) is 10.0 Å². The van der Waals surface area contributed by atoms with E-state index in [-0.39, 0.29) is 24.7 Å². The summed E-state index contributed by atoms with van der Waals surface area (Å²) in [5.41, 5.74) is -0.566. The second-order valence-corrected chi connectivity index (χ2v) is 8.10. The van der Waals surface area contributed by atoms with Crippen LogP contribution in [0.3, 0.4) is 0 Å². The number of rotatable bonds is 6. The first-order valence-electron chi connectivity index (χ1n) is 7.48. The number of nitrogens with zero attached hydrogens (tertiary/aromatic N) is 1. The van der Waals surface area contributed by atoms with E-state index in [1.165, 1.54) is 21.2 Å². The van der Waals surface area contributed by atoms with Gasteiger partial charge >= 0.3 is 0 Å². The average molecular weight is 378 g/mol. The highest BCUT2D eigenvalue weighted by Crippen LogP contribution is 2.25. The first-order valence-corrected chi connectivity index (χ1v) is 9.09. The van der Waals surface area contributed by atoms with Gasteiger partial charge in [0, 0.05) is 20.0 Å². The summed E-state index contributed by atoms with van der Waals surface area (Å²) < 4.78 is 62.7. The van der Waals surface area contributed by atoms with Gasteiger partial charge in [-0.2, -0.15) is 0 Å². The summed E-state index contributed by atoms with van der Waals surface area (Å²) >= 11 is 0. The summed E-state index contributed by atoms with van der Waals surface area (Å²) in [7, 11) is 0.548. The summed E-state index contributed by atoms with van der Waals surface area (Å²) in [5.74, 6) is -4.25. The highest BCUT2D eigenvalue weighted by Gasteiger charge is 2.35. The van der Waals surface area contributed by atoms with E-state index in [0.717, 1.165) is 16.4 Å². The number of carbonyl (C=O) groups excluding carboxylic acids is 1. The van der Waals surface area contributed by atoms with Gasteiger partial charge in [-0.25, -0.2) is 21.5 Å². The van der Waals surface area contributed by atoms with E-state index in [9.17, 15) is 22.0 Å². The molecule has 2 atom stereocenters. The van der Waals surface area contributed by atoms with Crippen LogP contribution in [0.2, 0.25) is 0 Å². The Labute approximate surface area is 145 Å².